The molecule has 23 heavy (non-hydrogen) atoms. The quantitative estimate of drug-likeness (QED) is 0.854. The van der Waals surface area contributed by atoms with Gasteiger partial charge in [-0.3, -0.25) is 0 Å². The van der Waals surface area contributed by atoms with Gasteiger partial charge in [0.2, 0.25) is 0 Å². The number of nitrogens with one attached hydrogen (secondary N) is 1. The molecule has 2 N–H and O–H groups in total. The maximum atomic E-state index is 10.2. The fourth-order valence-electron chi connectivity index (χ4n) is 3.02. The number of rotatable bonds is 6. The van der Waals surface area contributed by atoms with Crippen molar-refractivity contribution in [3.05, 3.63) is 47.0 Å². The molecule has 1 aliphatic heterocycles. The predicted octanol–water partition coefficient (Wildman–Crippen LogP) is 2.61. The minimum absolute atomic E-state index is 0.322. The number of aryl methyl sites for hydroxylation is 1. The van der Waals surface area contributed by atoms with Gasteiger partial charge in [0.05, 0.1) is 11.8 Å². The van der Waals surface area contributed by atoms with E-state index < -0.39 is 0 Å². The molecule has 0 aliphatic carbocycles. The molecular formula is C18H25N3OS. The van der Waals surface area contributed by atoms with Crippen LogP contribution in [0.2, 0.25) is 0 Å². The highest BCUT2D eigenvalue weighted by atomic mass is 32.1. The van der Waals surface area contributed by atoms with Crippen LogP contribution in [0.1, 0.15) is 24.1 Å². The molecule has 3 rings (SSSR count). The zero-order valence-electron chi connectivity index (χ0n) is 13.6. The number of aromatic nitrogens is 1. The molecule has 4 nitrogen and oxygen atoms in total. The molecule has 1 aromatic heterocycles. The van der Waals surface area contributed by atoms with Crippen LogP contribution in [0.25, 0.3) is 0 Å². The van der Waals surface area contributed by atoms with Gasteiger partial charge in [-0.25, -0.2) is 4.98 Å². The van der Waals surface area contributed by atoms with E-state index in [1.807, 2.05) is 25.1 Å². The highest BCUT2D eigenvalue weighted by Crippen LogP contribution is 2.23. The van der Waals surface area contributed by atoms with E-state index in [0.29, 0.717) is 19.0 Å². The summed E-state index contributed by atoms with van der Waals surface area (Å²) in [7, 11) is 0. The Morgan fingerprint density at radius 2 is 2.04 bits per heavy atom. The minimum atomic E-state index is -0.322. The summed E-state index contributed by atoms with van der Waals surface area (Å²) in [5.74, 6) is 0. The molecule has 2 aromatic rings. The van der Waals surface area contributed by atoms with Gasteiger partial charge in [-0.1, -0.05) is 30.3 Å². The molecule has 0 bridgehead atoms. The van der Waals surface area contributed by atoms with E-state index in [1.54, 1.807) is 11.3 Å². The van der Waals surface area contributed by atoms with Crippen LogP contribution in [0.3, 0.4) is 0 Å². The van der Waals surface area contributed by atoms with Gasteiger partial charge in [0.1, 0.15) is 0 Å². The topological polar surface area (TPSA) is 48.4 Å². The minimum Gasteiger partial charge on any atom is -0.391 e. The SMILES string of the molecule is Cc1csc(N2CCC(NC[C@@H](O)Cc3ccccc3)CC2)n1. The van der Waals surface area contributed by atoms with Gasteiger partial charge >= 0.3 is 0 Å². The van der Waals surface area contributed by atoms with Gasteiger partial charge < -0.3 is 15.3 Å². The molecule has 124 valence electrons. The normalized spacial score (nSPS) is 17.4. The molecule has 1 aliphatic rings. The Labute approximate surface area is 142 Å². The Bertz CT molecular complexity index is 593. The van der Waals surface area contributed by atoms with Gasteiger partial charge in [-0.15, -0.1) is 11.3 Å². The van der Waals surface area contributed by atoms with Crippen LogP contribution in [0.5, 0.6) is 0 Å². The van der Waals surface area contributed by atoms with Crippen LogP contribution in [0.15, 0.2) is 35.7 Å². The Morgan fingerprint density at radius 3 is 2.70 bits per heavy atom. The second-order valence-electron chi connectivity index (χ2n) is 6.28. The van der Waals surface area contributed by atoms with Crippen molar-refractivity contribution in [3.63, 3.8) is 0 Å². The third-order valence-corrected chi connectivity index (χ3v) is 5.35. The summed E-state index contributed by atoms with van der Waals surface area (Å²) in [5, 5.41) is 17.0. The average Bonchev–Trinajstić information content (AvgIpc) is 3.01. The number of anilines is 1. The number of benzene rings is 1. The number of nitrogens with zero attached hydrogens (tertiary/aromatic N) is 2. The number of thiazole rings is 1. The van der Waals surface area contributed by atoms with Gasteiger partial charge in [0, 0.05) is 31.1 Å². The molecule has 1 fully saturated rings. The first kappa shape index (κ1) is 16.4. The van der Waals surface area contributed by atoms with E-state index in [4.69, 9.17) is 0 Å². The first-order valence-corrected chi connectivity index (χ1v) is 9.21. The standard InChI is InChI=1S/C18H25N3OS/c1-14-13-23-18(20-14)21-9-7-16(8-10-21)19-12-17(22)11-15-5-3-2-4-6-15/h2-6,13,16-17,19,22H,7-12H2,1H3/t17-/m0/s1. The number of aliphatic hydroxyl groups excluding tert-OH is 1. The Balaban J connectivity index is 1.39. The van der Waals surface area contributed by atoms with Crippen molar-refractivity contribution in [1.82, 2.24) is 10.3 Å². The summed E-state index contributed by atoms with van der Waals surface area (Å²) < 4.78 is 0. The zero-order valence-corrected chi connectivity index (χ0v) is 14.4. The molecule has 0 radical (unpaired) electrons. The van der Waals surface area contributed by atoms with Crippen molar-refractivity contribution >= 4 is 16.5 Å². The number of piperidine rings is 1. The first-order valence-electron chi connectivity index (χ1n) is 8.33. The summed E-state index contributed by atoms with van der Waals surface area (Å²) in [6.07, 6.45) is 2.61. The van der Waals surface area contributed by atoms with Crippen LogP contribution in [0, 0.1) is 6.92 Å². The average molecular weight is 331 g/mol. The maximum Gasteiger partial charge on any atom is 0.185 e. The van der Waals surface area contributed by atoms with Crippen LogP contribution >= 0.6 is 11.3 Å². The molecule has 0 spiro atoms. The van der Waals surface area contributed by atoms with Crippen molar-refractivity contribution in [3.8, 4) is 0 Å². The zero-order chi connectivity index (χ0) is 16.1. The van der Waals surface area contributed by atoms with E-state index in [1.165, 1.54) is 5.56 Å². The Kier molecular flexibility index (Phi) is 5.65. The molecule has 1 atom stereocenters. The van der Waals surface area contributed by atoms with Crippen LogP contribution in [-0.2, 0) is 6.42 Å². The second kappa shape index (κ2) is 7.90. The molecule has 0 unspecified atom stereocenters. The third-order valence-electron chi connectivity index (χ3n) is 4.33. The Morgan fingerprint density at radius 1 is 1.30 bits per heavy atom. The second-order valence-corrected chi connectivity index (χ2v) is 7.12. The van der Waals surface area contributed by atoms with E-state index in [2.05, 4.69) is 32.7 Å². The van der Waals surface area contributed by atoms with Gasteiger partial charge in [0.15, 0.2) is 5.13 Å². The van der Waals surface area contributed by atoms with Crippen molar-refractivity contribution in [1.29, 1.82) is 0 Å². The highest BCUT2D eigenvalue weighted by molar-refractivity contribution is 7.13. The van der Waals surface area contributed by atoms with Gasteiger partial charge in [-0.2, -0.15) is 0 Å². The van der Waals surface area contributed by atoms with E-state index in [0.717, 1.165) is 36.8 Å². The lowest BCUT2D eigenvalue weighted by Crippen LogP contribution is -2.45. The van der Waals surface area contributed by atoms with Crippen molar-refractivity contribution in [2.75, 3.05) is 24.5 Å². The Hall–Kier alpha value is -1.43. The van der Waals surface area contributed by atoms with Crippen molar-refractivity contribution in [2.24, 2.45) is 0 Å². The molecule has 5 heteroatoms. The molecule has 1 aromatic carbocycles. The lowest BCUT2D eigenvalue weighted by molar-refractivity contribution is 0.164. The highest BCUT2D eigenvalue weighted by Gasteiger charge is 2.21. The summed E-state index contributed by atoms with van der Waals surface area (Å²) in [6, 6.07) is 10.7. The molecular weight excluding hydrogens is 306 g/mol. The van der Waals surface area contributed by atoms with Crippen LogP contribution < -0.4 is 10.2 Å². The lowest BCUT2D eigenvalue weighted by Gasteiger charge is -2.32. The monoisotopic (exact) mass is 331 g/mol. The molecule has 0 saturated carbocycles. The fourth-order valence-corrected chi connectivity index (χ4v) is 3.88. The van der Waals surface area contributed by atoms with Gasteiger partial charge in [0.25, 0.3) is 0 Å². The predicted molar refractivity (Wildman–Crippen MR) is 96.2 cm³/mol. The van der Waals surface area contributed by atoms with Crippen molar-refractivity contribution < 1.29 is 5.11 Å². The molecule has 0 amide bonds. The van der Waals surface area contributed by atoms with Crippen LogP contribution in [0.4, 0.5) is 5.13 Å². The smallest absolute Gasteiger partial charge is 0.185 e. The maximum absolute atomic E-state index is 10.2. The summed E-state index contributed by atoms with van der Waals surface area (Å²) in [4.78, 5) is 6.94. The largest absolute Gasteiger partial charge is 0.391 e. The van der Waals surface area contributed by atoms with Gasteiger partial charge in [-0.05, 0) is 31.7 Å². The van der Waals surface area contributed by atoms with E-state index >= 15 is 0 Å². The fraction of sp³-hybridized carbons (Fsp3) is 0.500. The number of hydrogen-bond acceptors (Lipinski definition) is 5. The molecule has 2 heterocycles. The summed E-state index contributed by atoms with van der Waals surface area (Å²) in [6.45, 7) is 4.79. The number of aliphatic hydroxyl groups is 1. The van der Waals surface area contributed by atoms with E-state index in [9.17, 15) is 5.11 Å². The van der Waals surface area contributed by atoms with Crippen LogP contribution in [-0.4, -0.2) is 41.9 Å². The number of hydrogen-bond donors (Lipinski definition) is 2. The first-order chi connectivity index (χ1) is 11.2. The molecule has 1 saturated heterocycles. The summed E-state index contributed by atoms with van der Waals surface area (Å²) >= 11 is 1.73. The van der Waals surface area contributed by atoms with E-state index in [-0.39, 0.29) is 6.10 Å². The third kappa shape index (κ3) is 4.77. The summed E-state index contributed by atoms with van der Waals surface area (Å²) in [5.41, 5.74) is 2.30. The van der Waals surface area contributed by atoms with Crippen molar-refractivity contribution in [2.45, 2.75) is 38.3 Å². The lowest BCUT2D eigenvalue weighted by atomic mass is 10.0.